The third-order valence-electron chi connectivity index (χ3n) is 3.61. The lowest BCUT2D eigenvalue weighted by Crippen LogP contribution is -2.27. The zero-order valence-corrected chi connectivity index (χ0v) is 13.0. The lowest BCUT2D eigenvalue weighted by molar-refractivity contribution is 0.0937. The first-order valence-corrected chi connectivity index (χ1v) is 7.66. The Labute approximate surface area is 131 Å². The average molecular weight is 351 g/mol. The van der Waals surface area contributed by atoms with Gasteiger partial charge in [0.2, 0.25) is 0 Å². The lowest BCUT2D eigenvalue weighted by atomic mass is 10.1. The predicted octanol–water partition coefficient (Wildman–Crippen LogP) is 4.52. The second kappa shape index (κ2) is 5.58. The molecule has 102 valence electrons. The zero-order valence-electron chi connectivity index (χ0n) is 10.7. The summed E-state index contributed by atoms with van der Waals surface area (Å²) in [5.41, 5.74) is 3.04. The van der Waals surface area contributed by atoms with Crippen molar-refractivity contribution in [1.82, 2.24) is 5.32 Å². The average Bonchev–Trinajstić information content (AvgIpc) is 2.85. The normalized spacial score (nSPS) is 16.8. The molecule has 1 N–H and O–H groups in total. The molecule has 4 heteroatoms. The van der Waals surface area contributed by atoms with Gasteiger partial charge in [-0.25, -0.2) is 0 Å². The number of halogens is 2. The monoisotopic (exact) mass is 349 g/mol. The number of carbonyl (C=O) groups excluding carboxylic acids is 1. The molecule has 0 saturated carbocycles. The van der Waals surface area contributed by atoms with Gasteiger partial charge in [0.15, 0.2) is 0 Å². The van der Waals surface area contributed by atoms with Crippen molar-refractivity contribution in [2.24, 2.45) is 0 Å². The van der Waals surface area contributed by atoms with E-state index in [1.807, 2.05) is 18.2 Å². The van der Waals surface area contributed by atoms with Crippen LogP contribution in [0.5, 0.6) is 0 Å². The van der Waals surface area contributed by atoms with E-state index in [2.05, 4.69) is 33.4 Å². The van der Waals surface area contributed by atoms with Gasteiger partial charge in [-0.2, -0.15) is 0 Å². The Hall–Kier alpha value is -1.32. The highest BCUT2D eigenvalue weighted by Gasteiger charge is 2.24. The summed E-state index contributed by atoms with van der Waals surface area (Å²) in [6.45, 7) is 0. The van der Waals surface area contributed by atoms with E-state index in [0.29, 0.717) is 10.6 Å². The molecule has 1 aliphatic rings. The molecular weight excluding hydrogens is 338 g/mol. The summed E-state index contributed by atoms with van der Waals surface area (Å²) in [6, 6.07) is 13.6. The maximum atomic E-state index is 12.4. The molecule has 0 fully saturated rings. The van der Waals surface area contributed by atoms with E-state index < -0.39 is 0 Å². The van der Waals surface area contributed by atoms with Gasteiger partial charge < -0.3 is 5.32 Å². The number of nitrogens with one attached hydrogen (secondary N) is 1. The summed E-state index contributed by atoms with van der Waals surface area (Å²) >= 11 is 9.46. The van der Waals surface area contributed by atoms with Crippen LogP contribution >= 0.6 is 27.5 Å². The molecule has 2 aromatic carbocycles. The Morgan fingerprint density at radius 1 is 1.25 bits per heavy atom. The predicted molar refractivity (Wildman–Crippen MR) is 84.1 cm³/mol. The zero-order chi connectivity index (χ0) is 14.1. The quantitative estimate of drug-likeness (QED) is 0.847. The Balaban J connectivity index is 1.82. The summed E-state index contributed by atoms with van der Waals surface area (Å²) in [5.74, 6) is -0.127. The summed E-state index contributed by atoms with van der Waals surface area (Å²) in [4.78, 5) is 12.4. The van der Waals surface area contributed by atoms with Crippen LogP contribution in [-0.2, 0) is 6.42 Å². The van der Waals surface area contributed by atoms with Crippen molar-refractivity contribution in [1.29, 1.82) is 0 Å². The van der Waals surface area contributed by atoms with E-state index in [4.69, 9.17) is 11.6 Å². The summed E-state index contributed by atoms with van der Waals surface area (Å²) in [6.07, 6.45) is 1.95. The topological polar surface area (TPSA) is 29.1 Å². The van der Waals surface area contributed by atoms with Gasteiger partial charge in [0, 0.05) is 4.47 Å². The highest BCUT2D eigenvalue weighted by molar-refractivity contribution is 9.10. The van der Waals surface area contributed by atoms with E-state index in [0.717, 1.165) is 17.3 Å². The van der Waals surface area contributed by atoms with Crippen molar-refractivity contribution in [3.63, 3.8) is 0 Å². The minimum atomic E-state index is -0.127. The van der Waals surface area contributed by atoms with Crippen molar-refractivity contribution in [3.8, 4) is 0 Å². The van der Waals surface area contributed by atoms with Gasteiger partial charge in [-0.05, 0) is 42.2 Å². The van der Waals surface area contributed by atoms with Crippen LogP contribution in [-0.4, -0.2) is 5.91 Å². The van der Waals surface area contributed by atoms with Crippen LogP contribution in [0.15, 0.2) is 46.9 Å². The van der Waals surface area contributed by atoms with Crippen LogP contribution in [0.4, 0.5) is 0 Å². The molecule has 0 heterocycles. The number of rotatable bonds is 2. The highest BCUT2D eigenvalue weighted by Crippen LogP contribution is 2.31. The Bertz CT molecular complexity index is 671. The molecule has 20 heavy (non-hydrogen) atoms. The van der Waals surface area contributed by atoms with Crippen LogP contribution in [0.1, 0.15) is 33.9 Å². The van der Waals surface area contributed by atoms with Crippen LogP contribution in [0.3, 0.4) is 0 Å². The number of amides is 1. The van der Waals surface area contributed by atoms with Gasteiger partial charge in [0.25, 0.3) is 5.91 Å². The molecule has 3 rings (SSSR count). The van der Waals surface area contributed by atoms with Gasteiger partial charge in [-0.3, -0.25) is 4.79 Å². The fraction of sp³-hybridized carbons (Fsp3) is 0.188. The first-order valence-electron chi connectivity index (χ1n) is 6.49. The second-order valence-electron chi connectivity index (χ2n) is 4.89. The molecule has 1 amide bonds. The molecule has 0 saturated heterocycles. The lowest BCUT2D eigenvalue weighted by Gasteiger charge is -2.15. The maximum Gasteiger partial charge on any atom is 0.253 e. The first-order chi connectivity index (χ1) is 9.65. The Morgan fingerprint density at radius 2 is 2.05 bits per heavy atom. The van der Waals surface area contributed by atoms with E-state index in [9.17, 15) is 4.79 Å². The molecule has 0 aromatic heterocycles. The van der Waals surface area contributed by atoms with E-state index in [1.165, 1.54) is 11.1 Å². The highest BCUT2D eigenvalue weighted by atomic mass is 79.9. The van der Waals surface area contributed by atoms with Crippen molar-refractivity contribution < 1.29 is 4.79 Å². The van der Waals surface area contributed by atoms with Gasteiger partial charge in [0.1, 0.15) is 0 Å². The molecule has 2 aromatic rings. The maximum absolute atomic E-state index is 12.4. The number of aryl methyl sites for hydroxylation is 1. The Morgan fingerprint density at radius 3 is 2.90 bits per heavy atom. The van der Waals surface area contributed by atoms with Crippen LogP contribution < -0.4 is 5.32 Å². The molecule has 1 atom stereocenters. The molecule has 1 unspecified atom stereocenters. The fourth-order valence-corrected chi connectivity index (χ4v) is 3.18. The molecule has 0 bridgehead atoms. The van der Waals surface area contributed by atoms with Crippen LogP contribution in [0.2, 0.25) is 5.02 Å². The molecule has 1 aliphatic carbocycles. The number of benzene rings is 2. The largest absolute Gasteiger partial charge is 0.345 e. The summed E-state index contributed by atoms with van der Waals surface area (Å²) in [5, 5.41) is 3.54. The van der Waals surface area contributed by atoms with Crippen LogP contribution in [0, 0.1) is 0 Å². The van der Waals surface area contributed by atoms with Crippen molar-refractivity contribution in [3.05, 3.63) is 68.7 Å². The van der Waals surface area contributed by atoms with E-state index >= 15 is 0 Å². The summed E-state index contributed by atoms with van der Waals surface area (Å²) in [7, 11) is 0. The van der Waals surface area contributed by atoms with Crippen LogP contribution in [0.25, 0.3) is 0 Å². The first kappa shape index (κ1) is 13.7. The number of carbonyl (C=O) groups is 1. The third-order valence-corrected chi connectivity index (χ3v) is 4.43. The SMILES string of the molecule is O=C(NC1CCc2ccccc21)c1cc(Br)ccc1Cl. The molecule has 0 spiro atoms. The Kier molecular flexibility index (Phi) is 3.81. The molecule has 0 aliphatic heterocycles. The number of hydrogen-bond acceptors (Lipinski definition) is 1. The van der Waals surface area contributed by atoms with E-state index in [-0.39, 0.29) is 11.9 Å². The van der Waals surface area contributed by atoms with Crippen molar-refractivity contribution >= 4 is 33.4 Å². The minimum absolute atomic E-state index is 0.0775. The smallest absolute Gasteiger partial charge is 0.253 e. The van der Waals surface area contributed by atoms with Gasteiger partial charge in [-0.1, -0.05) is 51.8 Å². The summed E-state index contributed by atoms with van der Waals surface area (Å²) < 4.78 is 0.846. The molecule has 0 radical (unpaired) electrons. The number of hydrogen-bond donors (Lipinski definition) is 1. The van der Waals surface area contributed by atoms with Gasteiger partial charge in [-0.15, -0.1) is 0 Å². The van der Waals surface area contributed by atoms with Crippen molar-refractivity contribution in [2.45, 2.75) is 18.9 Å². The van der Waals surface area contributed by atoms with E-state index in [1.54, 1.807) is 12.1 Å². The standard InChI is InChI=1S/C16H13BrClNO/c17-11-6-7-14(18)13(9-11)16(20)19-15-8-5-10-3-1-2-4-12(10)15/h1-4,6-7,9,15H,5,8H2,(H,19,20). The van der Waals surface area contributed by atoms with Crippen molar-refractivity contribution in [2.75, 3.05) is 0 Å². The van der Waals surface area contributed by atoms with Gasteiger partial charge >= 0.3 is 0 Å². The third kappa shape index (κ3) is 2.60. The number of fused-ring (bicyclic) bond motifs is 1. The minimum Gasteiger partial charge on any atom is -0.345 e. The second-order valence-corrected chi connectivity index (χ2v) is 6.21. The molecule has 2 nitrogen and oxygen atoms in total. The fourth-order valence-electron chi connectivity index (χ4n) is 2.61. The molecular formula is C16H13BrClNO. The van der Waals surface area contributed by atoms with Gasteiger partial charge in [0.05, 0.1) is 16.6 Å².